The van der Waals surface area contributed by atoms with Crippen molar-refractivity contribution in [1.82, 2.24) is 4.90 Å². The molecule has 0 unspecified atom stereocenters. The van der Waals surface area contributed by atoms with Gasteiger partial charge < -0.3 is 10.1 Å². The number of nitrogens with one attached hydrogen (secondary N) is 1. The minimum absolute atomic E-state index is 0.260. The second kappa shape index (κ2) is 9.69. The number of rotatable bonds is 5. The zero-order valence-corrected chi connectivity index (χ0v) is 21.5. The highest BCUT2D eigenvalue weighted by Crippen LogP contribution is 2.36. The van der Waals surface area contributed by atoms with E-state index in [0.717, 1.165) is 34.9 Å². The second-order valence-electron chi connectivity index (χ2n) is 6.57. The third kappa shape index (κ3) is 4.99. The van der Waals surface area contributed by atoms with Gasteiger partial charge in [0.1, 0.15) is 12.3 Å². The molecule has 1 aliphatic heterocycles. The number of imide groups is 1. The number of carbonyl (C=O) groups excluding carboxylic acids is 3. The standard InChI is InChI=1S/C21H18I2N2O4S/c1-11-5-4-6-16(12(11)2)24-18(26)10-25-20(27)17(30-21(25)28)8-13-7-14(22)9-15(23)19(13)29-3/h4-9H,10H2,1-3H3,(H,24,26)/b17-8+. The van der Waals surface area contributed by atoms with Crippen LogP contribution in [0.4, 0.5) is 10.5 Å². The molecule has 0 saturated carbocycles. The van der Waals surface area contributed by atoms with E-state index in [1.807, 2.05) is 38.1 Å². The molecule has 3 amide bonds. The average Bonchev–Trinajstić information content (AvgIpc) is 2.92. The van der Waals surface area contributed by atoms with Crippen LogP contribution in [0, 0.1) is 21.0 Å². The molecule has 6 nitrogen and oxygen atoms in total. The molecule has 2 aromatic rings. The molecule has 0 bridgehead atoms. The van der Waals surface area contributed by atoms with Crippen LogP contribution in [-0.4, -0.2) is 35.6 Å². The monoisotopic (exact) mass is 648 g/mol. The number of aryl methyl sites for hydroxylation is 1. The molecule has 2 aromatic carbocycles. The number of thioether (sulfide) groups is 1. The number of anilines is 1. The number of hydrogen-bond donors (Lipinski definition) is 1. The first-order valence-corrected chi connectivity index (χ1v) is 11.8. The van der Waals surface area contributed by atoms with Gasteiger partial charge in [0.05, 0.1) is 15.6 Å². The molecule has 1 saturated heterocycles. The van der Waals surface area contributed by atoms with Crippen molar-refractivity contribution in [3.63, 3.8) is 0 Å². The summed E-state index contributed by atoms with van der Waals surface area (Å²) in [5, 5.41) is 2.31. The molecule has 1 fully saturated rings. The topological polar surface area (TPSA) is 75.7 Å². The molecule has 0 radical (unpaired) electrons. The van der Waals surface area contributed by atoms with Crippen LogP contribution in [0.5, 0.6) is 5.75 Å². The zero-order chi connectivity index (χ0) is 22.0. The molecule has 0 atom stereocenters. The van der Waals surface area contributed by atoms with Gasteiger partial charge >= 0.3 is 0 Å². The lowest BCUT2D eigenvalue weighted by Gasteiger charge is -2.14. The molecule has 9 heteroatoms. The van der Waals surface area contributed by atoms with Gasteiger partial charge in [-0.15, -0.1) is 0 Å². The maximum atomic E-state index is 12.8. The quantitative estimate of drug-likeness (QED) is 0.357. The lowest BCUT2D eigenvalue weighted by atomic mass is 10.1. The first-order chi connectivity index (χ1) is 14.2. The van der Waals surface area contributed by atoms with E-state index in [1.54, 1.807) is 19.3 Å². The Kier molecular flexibility index (Phi) is 7.45. The third-order valence-electron chi connectivity index (χ3n) is 4.58. The number of benzene rings is 2. The van der Waals surface area contributed by atoms with Crippen LogP contribution in [0.15, 0.2) is 35.2 Å². The number of nitrogens with zero attached hydrogens (tertiary/aromatic N) is 1. The molecule has 156 valence electrons. The van der Waals surface area contributed by atoms with Gasteiger partial charge in [-0.25, -0.2) is 0 Å². The SMILES string of the molecule is COc1c(I)cc(I)cc1/C=C1/SC(=O)N(CC(=O)Nc2cccc(C)c2C)C1=O. The van der Waals surface area contributed by atoms with Gasteiger partial charge in [-0.1, -0.05) is 12.1 Å². The summed E-state index contributed by atoms with van der Waals surface area (Å²) >= 11 is 5.17. The van der Waals surface area contributed by atoms with E-state index in [4.69, 9.17) is 4.74 Å². The highest BCUT2D eigenvalue weighted by Gasteiger charge is 2.36. The summed E-state index contributed by atoms with van der Waals surface area (Å²) in [7, 11) is 1.56. The first kappa shape index (κ1) is 23.1. The normalized spacial score (nSPS) is 15.1. The highest BCUT2D eigenvalue weighted by atomic mass is 127. The lowest BCUT2D eigenvalue weighted by molar-refractivity contribution is -0.127. The van der Waals surface area contributed by atoms with Crippen molar-refractivity contribution in [2.45, 2.75) is 13.8 Å². The fourth-order valence-corrected chi connectivity index (χ4v) is 5.84. The fraction of sp³-hybridized carbons (Fsp3) is 0.190. The van der Waals surface area contributed by atoms with Gasteiger partial charge in [0.2, 0.25) is 5.91 Å². The van der Waals surface area contributed by atoms with Gasteiger partial charge in [-0.2, -0.15) is 0 Å². The summed E-state index contributed by atoms with van der Waals surface area (Å²) in [5.74, 6) is -0.277. The molecular formula is C21H18I2N2O4S. The summed E-state index contributed by atoms with van der Waals surface area (Å²) in [4.78, 5) is 38.9. The van der Waals surface area contributed by atoms with E-state index in [1.165, 1.54) is 0 Å². The number of ether oxygens (including phenoxy) is 1. The molecule has 0 aromatic heterocycles. The van der Waals surface area contributed by atoms with Gasteiger partial charge in [0.25, 0.3) is 11.1 Å². The number of halogens is 2. The smallest absolute Gasteiger partial charge is 0.294 e. The summed E-state index contributed by atoms with van der Waals surface area (Å²) in [5.41, 5.74) is 3.36. The molecule has 0 aliphatic carbocycles. The maximum absolute atomic E-state index is 12.8. The predicted molar refractivity (Wildman–Crippen MR) is 136 cm³/mol. The highest BCUT2D eigenvalue weighted by molar-refractivity contribution is 14.1. The van der Waals surface area contributed by atoms with E-state index < -0.39 is 17.1 Å². The Balaban J connectivity index is 1.79. The molecule has 3 rings (SSSR count). The number of methoxy groups -OCH3 is 1. The van der Waals surface area contributed by atoms with Gasteiger partial charge in [0, 0.05) is 14.8 Å². The van der Waals surface area contributed by atoms with Crippen LogP contribution in [0.25, 0.3) is 6.08 Å². The van der Waals surface area contributed by atoms with Gasteiger partial charge in [0.15, 0.2) is 0 Å². The Morgan fingerprint density at radius 1 is 1.23 bits per heavy atom. The van der Waals surface area contributed by atoms with Crippen molar-refractivity contribution in [1.29, 1.82) is 0 Å². The van der Waals surface area contributed by atoms with Gasteiger partial charge in [-0.05, 0) is 106 Å². The summed E-state index contributed by atoms with van der Waals surface area (Å²) in [6.45, 7) is 3.52. The van der Waals surface area contributed by atoms with Crippen molar-refractivity contribution in [3.8, 4) is 5.75 Å². The number of hydrogen-bond acceptors (Lipinski definition) is 5. The first-order valence-electron chi connectivity index (χ1n) is 8.85. The fourth-order valence-electron chi connectivity index (χ4n) is 2.90. The Bertz CT molecular complexity index is 1080. The van der Waals surface area contributed by atoms with Crippen LogP contribution < -0.4 is 10.1 Å². The Hall–Kier alpha value is -1.60. The summed E-state index contributed by atoms with van der Waals surface area (Å²) < 4.78 is 7.33. The third-order valence-corrected chi connectivity index (χ3v) is 6.91. The minimum Gasteiger partial charge on any atom is -0.495 e. The van der Waals surface area contributed by atoms with Crippen molar-refractivity contribution in [2.75, 3.05) is 19.0 Å². The summed E-state index contributed by atoms with van der Waals surface area (Å²) in [6.07, 6.45) is 1.64. The Morgan fingerprint density at radius 2 is 1.97 bits per heavy atom. The van der Waals surface area contributed by atoms with Gasteiger partial charge in [-0.3, -0.25) is 19.3 Å². The predicted octanol–water partition coefficient (Wildman–Crippen LogP) is 5.20. The van der Waals surface area contributed by atoms with Crippen LogP contribution >= 0.6 is 56.9 Å². The van der Waals surface area contributed by atoms with Crippen molar-refractivity contribution >= 4 is 85.8 Å². The Morgan fingerprint density at radius 3 is 2.67 bits per heavy atom. The maximum Gasteiger partial charge on any atom is 0.294 e. The lowest BCUT2D eigenvalue weighted by Crippen LogP contribution is -2.36. The van der Waals surface area contributed by atoms with E-state index in [2.05, 4.69) is 50.5 Å². The second-order valence-corrected chi connectivity index (χ2v) is 9.97. The van der Waals surface area contributed by atoms with Crippen molar-refractivity contribution < 1.29 is 19.1 Å². The minimum atomic E-state index is -0.489. The molecule has 1 heterocycles. The zero-order valence-electron chi connectivity index (χ0n) is 16.4. The Labute approximate surface area is 206 Å². The van der Waals surface area contributed by atoms with Crippen LogP contribution in [0.1, 0.15) is 16.7 Å². The molecule has 1 aliphatic rings. The molecule has 30 heavy (non-hydrogen) atoms. The largest absolute Gasteiger partial charge is 0.495 e. The van der Waals surface area contributed by atoms with Crippen molar-refractivity contribution in [2.24, 2.45) is 0 Å². The number of carbonyl (C=O) groups is 3. The van der Waals surface area contributed by atoms with E-state index in [-0.39, 0.29) is 11.4 Å². The number of amides is 3. The molecule has 0 spiro atoms. The van der Waals surface area contributed by atoms with Crippen molar-refractivity contribution in [3.05, 3.63) is 59.1 Å². The van der Waals surface area contributed by atoms with Crippen LogP contribution in [-0.2, 0) is 9.59 Å². The van der Waals surface area contributed by atoms with Crippen LogP contribution in [0.3, 0.4) is 0 Å². The van der Waals surface area contributed by atoms with E-state index >= 15 is 0 Å². The molecule has 1 N–H and O–H groups in total. The summed E-state index contributed by atoms with van der Waals surface area (Å²) in [6, 6.07) is 9.42. The van der Waals surface area contributed by atoms with E-state index in [9.17, 15) is 14.4 Å². The van der Waals surface area contributed by atoms with E-state index in [0.29, 0.717) is 17.0 Å². The average molecular weight is 648 g/mol. The van der Waals surface area contributed by atoms with Crippen LogP contribution in [0.2, 0.25) is 0 Å². The molecular weight excluding hydrogens is 630 g/mol.